The van der Waals surface area contributed by atoms with Gasteiger partial charge in [-0.1, -0.05) is 12.1 Å². The lowest BCUT2D eigenvalue weighted by Gasteiger charge is -2.33. The van der Waals surface area contributed by atoms with Crippen LogP contribution < -0.4 is 5.32 Å². The third-order valence-electron chi connectivity index (χ3n) is 4.25. The van der Waals surface area contributed by atoms with E-state index >= 15 is 0 Å². The third-order valence-corrected chi connectivity index (χ3v) is 4.25. The molecule has 0 spiro atoms. The van der Waals surface area contributed by atoms with E-state index in [2.05, 4.69) is 44.3 Å². The highest BCUT2D eigenvalue weighted by atomic mass is 16.2. The lowest BCUT2D eigenvalue weighted by molar-refractivity contribution is -0.131. The molecule has 1 amide bonds. The molecule has 100 valence electrons. The van der Waals surface area contributed by atoms with E-state index in [1.807, 2.05) is 0 Å². The number of carbonyl (C=O) groups excluding carboxylic acids is 1. The highest BCUT2D eigenvalue weighted by Gasteiger charge is 2.44. The Hall–Kier alpha value is -1.82. The van der Waals surface area contributed by atoms with Crippen molar-refractivity contribution in [2.75, 3.05) is 0 Å². The molecule has 0 bridgehead atoms. The van der Waals surface area contributed by atoms with E-state index in [1.54, 1.807) is 0 Å². The molecule has 1 aliphatic carbocycles. The summed E-state index contributed by atoms with van der Waals surface area (Å²) < 4.78 is 0. The fraction of sp³-hybridized carbons (Fsp3) is 0.500. The van der Waals surface area contributed by atoms with Gasteiger partial charge in [-0.25, -0.2) is 0 Å². The number of hydrogen-bond acceptors (Lipinski definition) is 2. The van der Waals surface area contributed by atoms with Crippen molar-refractivity contribution in [2.45, 2.75) is 46.6 Å². The first-order valence-corrected chi connectivity index (χ1v) is 6.75. The van der Waals surface area contributed by atoms with Crippen molar-refractivity contribution in [3.05, 3.63) is 34.4 Å². The van der Waals surface area contributed by atoms with Crippen LogP contribution >= 0.6 is 0 Å². The summed E-state index contributed by atoms with van der Waals surface area (Å²) in [4.78, 5) is 12.1. The first-order valence-electron chi connectivity index (χ1n) is 6.75. The summed E-state index contributed by atoms with van der Waals surface area (Å²) in [7, 11) is 0. The molecule has 0 aliphatic heterocycles. The molecule has 1 N–H and O–H groups in total. The van der Waals surface area contributed by atoms with E-state index in [0.29, 0.717) is 19.4 Å². The molecule has 0 saturated heterocycles. The number of benzene rings is 1. The van der Waals surface area contributed by atoms with Gasteiger partial charge >= 0.3 is 0 Å². The van der Waals surface area contributed by atoms with Gasteiger partial charge in [0, 0.05) is 6.54 Å². The summed E-state index contributed by atoms with van der Waals surface area (Å²) in [6.07, 6.45) is 2.37. The zero-order valence-electron chi connectivity index (χ0n) is 11.8. The Morgan fingerprint density at radius 1 is 1.26 bits per heavy atom. The Morgan fingerprint density at radius 3 is 2.42 bits per heavy atom. The Morgan fingerprint density at radius 2 is 1.89 bits per heavy atom. The molecule has 19 heavy (non-hydrogen) atoms. The van der Waals surface area contributed by atoms with Crippen molar-refractivity contribution in [1.29, 1.82) is 5.26 Å². The van der Waals surface area contributed by atoms with Crippen LogP contribution in [0.1, 0.15) is 41.5 Å². The van der Waals surface area contributed by atoms with Crippen molar-refractivity contribution < 1.29 is 4.79 Å². The number of hydrogen-bond donors (Lipinski definition) is 1. The van der Waals surface area contributed by atoms with Crippen LogP contribution in [0.5, 0.6) is 0 Å². The maximum absolute atomic E-state index is 12.1. The van der Waals surface area contributed by atoms with Crippen molar-refractivity contribution in [3.63, 3.8) is 0 Å². The van der Waals surface area contributed by atoms with Gasteiger partial charge in [-0.05, 0) is 62.3 Å². The standard InChI is InChI=1S/C16H20N2O/c1-11-7-13(3)14(8-12(11)2)9-18-15(19)16(10-17)5-4-6-16/h7-8H,4-6,9H2,1-3H3,(H,18,19). The number of nitrogens with zero attached hydrogens (tertiary/aromatic N) is 1. The van der Waals surface area contributed by atoms with Gasteiger partial charge in [0.1, 0.15) is 5.41 Å². The number of aryl methyl sites for hydroxylation is 3. The van der Waals surface area contributed by atoms with Crippen LogP contribution in [0.2, 0.25) is 0 Å². The summed E-state index contributed by atoms with van der Waals surface area (Å²) >= 11 is 0. The number of nitrogens with one attached hydrogen (secondary N) is 1. The second-order valence-corrected chi connectivity index (χ2v) is 5.59. The predicted molar refractivity (Wildman–Crippen MR) is 74.4 cm³/mol. The summed E-state index contributed by atoms with van der Waals surface area (Å²) in [5.74, 6) is -0.112. The zero-order chi connectivity index (χ0) is 14.0. The Kier molecular flexibility index (Phi) is 3.61. The average Bonchev–Trinajstić information content (AvgIpc) is 2.31. The lowest BCUT2D eigenvalue weighted by Crippen LogP contribution is -2.44. The highest BCUT2D eigenvalue weighted by molar-refractivity contribution is 5.86. The molecular formula is C16H20N2O. The zero-order valence-corrected chi connectivity index (χ0v) is 11.8. The predicted octanol–water partition coefficient (Wildman–Crippen LogP) is 2.92. The average molecular weight is 256 g/mol. The summed E-state index contributed by atoms with van der Waals surface area (Å²) in [6.45, 7) is 6.72. The van der Waals surface area contributed by atoms with Gasteiger partial charge in [-0.2, -0.15) is 5.26 Å². The Labute approximate surface area is 114 Å². The van der Waals surface area contributed by atoms with E-state index in [4.69, 9.17) is 5.26 Å². The SMILES string of the molecule is Cc1cc(C)c(CNC(=O)C2(C#N)CCC2)cc1C. The van der Waals surface area contributed by atoms with Crippen LogP contribution in [0.25, 0.3) is 0 Å². The second-order valence-electron chi connectivity index (χ2n) is 5.59. The van der Waals surface area contributed by atoms with Gasteiger partial charge in [0.25, 0.3) is 0 Å². The van der Waals surface area contributed by atoms with E-state index < -0.39 is 5.41 Å². The molecule has 2 rings (SSSR count). The fourth-order valence-corrected chi connectivity index (χ4v) is 2.48. The minimum Gasteiger partial charge on any atom is -0.351 e. The topological polar surface area (TPSA) is 52.9 Å². The molecule has 1 aromatic rings. The molecule has 1 saturated carbocycles. The largest absolute Gasteiger partial charge is 0.351 e. The van der Waals surface area contributed by atoms with Crippen molar-refractivity contribution in [3.8, 4) is 6.07 Å². The van der Waals surface area contributed by atoms with E-state index in [-0.39, 0.29) is 5.91 Å². The molecule has 3 heteroatoms. The maximum atomic E-state index is 12.1. The number of carbonyl (C=O) groups is 1. The molecule has 0 heterocycles. The normalized spacial score (nSPS) is 16.3. The number of amides is 1. The van der Waals surface area contributed by atoms with Gasteiger partial charge < -0.3 is 5.32 Å². The first kappa shape index (κ1) is 13.6. The number of nitriles is 1. The van der Waals surface area contributed by atoms with Crippen molar-refractivity contribution >= 4 is 5.91 Å². The molecule has 0 unspecified atom stereocenters. The van der Waals surface area contributed by atoms with Crippen LogP contribution in [0.3, 0.4) is 0 Å². The molecule has 0 atom stereocenters. The van der Waals surface area contributed by atoms with Gasteiger partial charge in [-0.3, -0.25) is 4.79 Å². The highest BCUT2D eigenvalue weighted by Crippen LogP contribution is 2.40. The minimum absolute atomic E-state index is 0.112. The lowest BCUT2D eigenvalue weighted by atomic mass is 9.69. The van der Waals surface area contributed by atoms with Crippen LogP contribution in [-0.2, 0) is 11.3 Å². The Bertz CT molecular complexity index is 551. The fourth-order valence-electron chi connectivity index (χ4n) is 2.48. The third kappa shape index (κ3) is 2.49. The second kappa shape index (κ2) is 5.05. The van der Waals surface area contributed by atoms with Crippen LogP contribution in [0.15, 0.2) is 12.1 Å². The van der Waals surface area contributed by atoms with E-state index in [9.17, 15) is 4.79 Å². The molecular weight excluding hydrogens is 236 g/mol. The quantitative estimate of drug-likeness (QED) is 0.904. The first-order chi connectivity index (χ1) is 8.98. The van der Waals surface area contributed by atoms with E-state index in [1.165, 1.54) is 16.7 Å². The van der Waals surface area contributed by atoms with Crippen molar-refractivity contribution in [1.82, 2.24) is 5.32 Å². The van der Waals surface area contributed by atoms with Crippen LogP contribution in [0.4, 0.5) is 0 Å². The molecule has 1 aromatic carbocycles. The van der Waals surface area contributed by atoms with E-state index in [0.717, 1.165) is 12.0 Å². The maximum Gasteiger partial charge on any atom is 0.240 e. The van der Waals surface area contributed by atoms with Crippen molar-refractivity contribution in [2.24, 2.45) is 5.41 Å². The summed E-state index contributed by atoms with van der Waals surface area (Å²) in [6, 6.07) is 6.43. The van der Waals surface area contributed by atoms with Gasteiger partial charge in [-0.15, -0.1) is 0 Å². The van der Waals surface area contributed by atoms with Crippen LogP contribution in [-0.4, -0.2) is 5.91 Å². The number of rotatable bonds is 3. The van der Waals surface area contributed by atoms with Gasteiger partial charge in [0.15, 0.2) is 0 Å². The molecule has 0 radical (unpaired) electrons. The van der Waals surface area contributed by atoms with Gasteiger partial charge in [0.05, 0.1) is 6.07 Å². The van der Waals surface area contributed by atoms with Gasteiger partial charge in [0.2, 0.25) is 5.91 Å². The minimum atomic E-state index is -0.756. The Balaban J connectivity index is 2.05. The molecule has 3 nitrogen and oxygen atoms in total. The summed E-state index contributed by atoms with van der Waals surface area (Å²) in [5.41, 5.74) is 4.05. The van der Waals surface area contributed by atoms with Crippen LogP contribution in [0, 0.1) is 37.5 Å². The molecule has 0 aromatic heterocycles. The smallest absolute Gasteiger partial charge is 0.240 e. The monoisotopic (exact) mass is 256 g/mol. The summed E-state index contributed by atoms with van der Waals surface area (Å²) in [5, 5.41) is 12.0. The molecule has 1 aliphatic rings. The molecule has 1 fully saturated rings.